The van der Waals surface area contributed by atoms with Crippen LogP contribution in [0.2, 0.25) is 0 Å². The second-order valence-electron chi connectivity index (χ2n) is 7.60. The van der Waals surface area contributed by atoms with Gasteiger partial charge in [-0.15, -0.1) is 11.8 Å². The van der Waals surface area contributed by atoms with Gasteiger partial charge in [0.25, 0.3) is 0 Å². The molecule has 0 aliphatic carbocycles. The Morgan fingerprint density at radius 2 is 1.94 bits per heavy atom. The predicted octanol–water partition coefficient (Wildman–Crippen LogP) is 4.54. The molecule has 2 aromatic carbocycles. The van der Waals surface area contributed by atoms with Crippen LogP contribution < -0.4 is 10.2 Å². The van der Waals surface area contributed by atoms with Crippen molar-refractivity contribution in [2.45, 2.75) is 24.3 Å². The lowest BCUT2D eigenvalue weighted by Gasteiger charge is -2.33. The molecule has 0 spiro atoms. The summed E-state index contributed by atoms with van der Waals surface area (Å²) in [5.41, 5.74) is 1.86. The van der Waals surface area contributed by atoms with Crippen molar-refractivity contribution in [3.63, 3.8) is 0 Å². The summed E-state index contributed by atoms with van der Waals surface area (Å²) in [6, 6.07) is 16.3. The second kappa shape index (κ2) is 9.92. The molecule has 7 heteroatoms. The number of thioether (sulfide) groups is 1. The summed E-state index contributed by atoms with van der Waals surface area (Å²) in [6.07, 6.45) is 5.55. The first-order valence-corrected chi connectivity index (χ1v) is 11.6. The minimum Gasteiger partial charge on any atom is -0.356 e. The number of rotatable bonds is 6. The van der Waals surface area contributed by atoms with Crippen LogP contribution in [0.1, 0.15) is 18.4 Å². The molecule has 31 heavy (non-hydrogen) atoms. The average Bonchev–Trinajstić information content (AvgIpc) is 2.83. The molecule has 1 fully saturated rings. The average molecular weight is 437 g/mol. The number of carbonyl (C=O) groups excluding carboxylic acids is 1. The Balaban J connectivity index is 1.39. The van der Waals surface area contributed by atoms with E-state index < -0.39 is 0 Å². The zero-order valence-electron chi connectivity index (χ0n) is 17.4. The Morgan fingerprint density at radius 1 is 1.16 bits per heavy atom. The number of hydrogen-bond donors (Lipinski definition) is 1. The minimum absolute atomic E-state index is 0.0754. The van der Waals surface area contributed by atoms with Crippen LogP contribution in [-0.4, -0.2) is 35.2 Å². The normalized spacial score (nSPS) is 16.2. The van der Waals surface area contributed by atoms with Crippen molar-refractivity contribution < 1.29 is 9.18 Å². The summed E-state index contributed by atoms with van der Waals surface area (Å²) in [4.78, 5) is 25.1. The molecular weight excluding hydrogens is 411 g/mol. The summed E-state index contributed by atoms with van der Waals surface area (Å²) in [7, 11) is 0. The van der Waals surface area contributed by atoms with Gasteiger partial charge in [0, 0.05) is 36.3 Å². The van der Waals surface area contributed by atoms with Gasteiger partial charge in [0.05, 0.1) is 5.92 Å². The molecule has 160 valence electrons. The molecule has 0 saturated carbocycles. The van der Waals surface area contributed by atoms with Crippen LogP contribution in [0.5, 0.6) is 0 Å². The van der Waals surface area contributed by atoms with E-state index in [1.165, 1.54) is 17.0 Å². The van der Waals surface area contributed by atoms with Crippen molar-refractivity contribution in [1.82, 2.24) is 15.3 Å². The number of carbonyl (C=O) groups is 1. The first-order valence-electron chi connectivity index (χ1n) is 10.4. The quantitative estimate of drug-likeness (QED) is 0.575. The molecule has 4 rings (SSSR count). The lowest BCUT2D eigenvalue weighted by molar-refractivity contribution is -0.125. The lowest BCUT2D eigenvalue weighted by atomic mass is 9.97. The maximum absolute atomic E-state index is 13.2. The zero-order chi connectivity index (χ0) is 21.6. The fourth-order valence-electron chi connectivity index (χ4n) is 3.74. The van der Waals surface area contributed by atoms with Crippen molar-refractivity contribution in [1.29, 1.82) is 0 Å². The summed E-state index contributed by atoms with van der Waals surface area (Å²) in [5, 5.41) is 3.08. The SMILES string of the molecule is CSc1ccc(CNC(=O)[C@H]2CCCN(c3ccnc(-c4ccc(F)cc4)n3)C2)cc1. The van der Waals surface area contributed by atoms with E-state index in [4.69, 9.17) is 0 Å². The first kappa shape index (κ1) is 21.3. The number of nitrogens with one attached hydrogen (secondary N) is 1. The van der Waals surface area contributed by atoms with Crippen molar-refractivity contribution in [2.24, 2.45) is 5.92 Å². The van der Waals surface area contributed by atoms with Crippen LogP contribution in [0.4, 0.5) is 10.2 Å². The van der Waals surface area contributed by atoms with E-state index in [0.29, 0.717) is 18.9 Å². The van der Waals surface area contributed by atoms with E-state index in [0.717, 1.165) is 36.3 Å². The monoisotopic (exact) mass is 436 g/mol. The maximum Gasteiger partial charge on any atom is 0.225 e. The molecule has 1 aliphatic rings. The Hall–Kier alpha value is -2.93. The van der Waals surface area contributed by atoms with Crippen molar-refractivity contribution in [3.8, 4) is 11.4 Å². The molecule has 1 saturated heterocycles. The fourth-order valence-corrected chi connectivity index (χ4v) is 4.15. The molecule has 5 nitrogen and oxygen atoms in total. The van der Waals surface area contributed by atoms with Crippen LogP contribution >= 0.6 is 11.8 Å². The molecule has 1 atom stereocenters. The van der Waals surface area contributed by atoms with Gasteiger partial charge < -0.3 is 10.2 Å². The molecule has 3 aromatic rings. The molecular formula is C24H25FN4OS. The number of nitrogens with zero attached hydrogens (tertiary/aromatic N) is 3. The highest BCUT2D eigenvalue weighted by Gasteiger charge is 2.26. The molecule has 1 amide bonds. The Kier molecular flexibility index (Phi) is 6.82. The standard InChI is InChI=1S/C24H25FN4OS/c1-31-21-10-4-17(5-11-21)15-27-24(30)19-3-2-14-29(16-19)22-12-13-26-23(28-22)18-6-8-20(25)9-7-18/h4-13,19H,2-3,14-16H2,1H3,(H,27,30)/t19-/m0/s1. The molecule has 2 heterocycles. The third kappa shape index (κ3) is 5.41. The molecule has 1 aliphatic heterocycles. The van der Waals surface area contributed by atoms with Gasteiger partial charge in [-0.25, -0.2) is 14.4 Å². The molecule has 0 unspecified atom stereocenters. The van der Waals surface area contributed by atoms with E-state index >= 15 is 0 Å². The topological polar surface area (TPSA) is 58.1 Å². The van der Waals surface area contributed by atoms with Gasteiger partial charge in [0.2, 0.25) is 5.91 Å². The van der Waals surface area contributed by atoms with E-state index in [9.17, 15) is 9.18 Å². The Morgan fingerprint density at radius 3 is 2.68 bits per heavy atom. The third-order valence-electron chi connectivity index (χ3n) is 5.49. The van der Waals surface area contributed by atoms with Crippen LogP contribution in [0.15, 0.2) is 65.7 Å². The highest BCUT2D eigenvalue weighted by Crippen LogP contribution is 2.24. The van der Waals surface area contributed by atoms with Crippen molar-refractivity contribution >= 4 is 23.5 Å². The van der Waals surface area contributed by atoms with Gasteiger partial charge in [-0.05, 0) is 67.1 Å². The van der Waals surface area contributed by atoms with Crippen LogP contribution in [0, 0.1) is 11.7 Å². The van der Waals surface area contributed by atoms with E-state index in [-0.39, 0.29) is 17.6 Å². The van der Waals surface area contributed by atoms with Crippen LogP contribution in [-0.2, 0) is 11.3 Å². The van der Waals surface area contributed by atoms with Gasteiger partial charge in [-0.1, -0.05) is 12.1 Å². The largest absolute Gasteiger partial charge is 0.356 e. The van der Waals surface area contributed by atoms with Crippen molar-refractivity contribution in [2.75, 3.05) is 24.2 Å². The first-order chi connectivity index (χ1) is 15.1. The van der Waals surface area contributed by atoms with Gasteiger partial charge in [0.1, 0.15) is 11.6 Å². The number of benzene rings is 2. The molecule has 1 aromatic heterocycles. The highest BCUT2D eigenvalue weighted by molar-refractivity contribution is 7.98. The smallest absolute Gasteiger partial charge is 0.225 e. The molecule has 1 N–H and O–H groups in total. The fraction of sp³-hybridized carbons (Fsp3) is 0.292. The van der Waals surface area contributed by atoms with E-state index in [1.54, 1.807) is 30.1 Å². The second-order valence-corrected chi connectivity index (χ2v) is 8.48. The van der Waals surface area contributed by atoms with Crippen LogP contribution in [0.3, 0.4) is 0 Å². The summed E-state index contributed by atoms with van der Waals surface area (Å²) < 4.78 is 13.2. The van der Waals surface area contributed by atoms with Crippen LogP contribution in [0.25, 0.3) is 11.4 Å². The van der Waals surface area contributed by atoms with Crippen molar-refractivity contribution in [3.05, 3.63) is 72.2 Å². The Bertz CT molecular complexity index is 1030. The Labute approximate surface area is 186 Å². The molecule has 0 radical (unpaired) electrons. The lowest BCUT2D eigenvalue weighted by Crippen LogP contribution is -2.43. The number of aromatic nitrogens is 2. The maximum atomic E-state index is 13.2. The summed E-state index contributed by atoms with van der Waals surface area (Å²) in [5.74, 6) is 1.05. The van der Waals surface area contributed by atoms with E-state index in [2.05, 4.69) is 44.5 Å². The van der Waals surface area contributed by atoms with Gasteiger partial charge in [-0.2, -0.15) is 0 Å². The van der Waals surface area contributed by atoms with Gasteiger partial charge in [-0.3, -0.25) is 4.79 Å². The summed E-state index contributed by atoms with van der Waals surface area (Å²) in [6.45, 7) is 2.00. The number of piperidine rings is 1. The highest BCUT2D eigenvalue weighted by atomic mass is 32.2. The molecule has 0 bridgehead atoms. The predicted molar refractivity (Wildman–Crippen MR) is 122 cm³/mol. The minimum atomic E-state index is -0.287. The van der Waals surface area contributed by atoms with Gasteiger partial charge >= 0.3 is 0 Å². The summed E-state index contributed by atoms with van der Waals surface area (Å²) >= 11 is 1.70. The van der Waals surface area contributed by atoms with E-state index in [1.807, 2.05) is 12.3 Å². The number of halogens is 1. The van der Waals surface area contributed by atoms with Gasteiger partial charge in [0.15, 0.2) is 5.82 Å². The third-order valence-corrected chi connectivity index (χ3v) is 6.23. The number of anilines is 1. The number of hydrogen-bond acceptors (Lipinski definition) is 5. The zero-order valence-corrected chi connectivity index (χ0v) is 18.2. The number of amides is 1.